The minimum Gasteiger partial charge on any atom is -0.356 e. The number of piperidine rings is 1. The molecule has 0 amide bonds. The molecular weight excluding hydrogens is 431 g/mol. The summed E-state index contributed by atoms with van der Waals surface area (Å²) in [7, 11) is 0. The van der Waals surface area contributed by atoms with Crippen LogP contribution in [0, 0.1) is 22.6 Å². The van der Waals surface area contributed by atoms with Crippen LogP contribution in [0.5, 0.6) is 0 Å². The molecule has 3 heterocycles. The first-order chi connectivity index (χ1) is 15.6. The lowest BCUT2D eigenvalue weighted by atomic mass is 10.1. The fraction of sp³-hybridized carbons (Fsp3) is 0.227. The first-order valence-electron chi connectivity index (χ1n) is 10.1. The highest BCUT2D eigenvalue weighted by molar-refractivity contribution is 6.33. The topological polar surface area (TPSA) is 114 Å². The summed E-state index contributed by atoms with van der Waals surface area (Å²) >= 11 is 6.16. The molecule has 162 valence electrons. The van der Waals surface area contributed by atoms with E-state index in [1.807, 2.05) is 12.1 Å². The molecule has 1 aliphatic rings. The van der Waals surface area contributed by atoms with Crippen molar-refractivity contribution in [2.45, 2.75) is 19.3 Å². The molecule has 0 unspecified atom stereocenters. The Morgan fingerprint density at radius 2 is 1.84 bits per heavy atom. The number of rotatable bonds is 6. The smallest absolute Gasteiger partial charge is 0.149 e. The second-order valence-corrected chi connectivity index (χ2v) is 7.69. The number of nitrogens with zero attached hydrogens (tertiary/aromatic N) is 5. The van der Waals surface area contributed by atoms with Gasteiger partial charge >= 0.3 is 0 Å². The summed E-state index contributed by atoms with van der Waals surface area (Å²) in [6.07, 6.45) is 7.61. The van der Waals surface area contributed by atoms with Crippen molar-refractivity contribution in [3.05, 3.63) is 58.8 Å². The lowest BCUT2D eigenvalue weighted by Crippen LogP contribution is -2.30. The summed E-state index contributed by atoms with van der Waals surface area (Å²) < 4.78 is 14.5. The van der Waals surface area contributed by atoms with Gasteiger partial charge in [0.05, 0.1) is 28.0 Å². The summed E-state index contributed by atoms with van der Waals surface area (Å²) in [5, 5.41) is 22.7. The Morgan fingerprint density at radius 3 is 2.56 bits per heavy atom. The number of anilines is 5. The van der Waals surface area contributed by atoms with E-state index < -0.39 is 5.82 Å². The third-order valence-corrected chi connectivity index (χ3v) is 5.41. The second-order valence-electron chi connectivity index (χ2n) is 7.29. The monoisotopic (exact) mass is 450 g/mol. The van der Waals surface area contributed by atoms with Crippen LogP contribution in [0.2, 0.25) is 5.02 Å². The van der Waals surface area contributed by atoms with E-state index in [1.54, 1.807) is 6.07 Å². The summed E-state index contributed by atoms with van der Waals surface area (Å²) in [4.78, 5) is 15.2. The van der Waals surface area contributed by atoms with Crippen LogP contribution in [0.4, 0.5) is 33.2 Å². The van der Waals surface area contributed by atoms with Crippen molar-refractivity contribution in [3.8, 4) is 6.07 Å². The van der Waals surface area contributed by atoms with Crippen LogP contribution in [0.3, 0.4) is 0 Å². The van der Waals surface area contributed by atoms with Gasteiger partial charge < -0.3 is 20.9 Å². The fourth-order valence-corrected chi connectivity index (χ4v) is 3.75. The second kappa shape index (κ2) is 9.58. The number of pyridine rings is 1. The molecule has 8 nitrogen and oxygen atoms in total. The first-order valence-corrected chi connectivity index (χ1v) is 10.5. The lowest BCUT2D eigenvalue weighted by Gasteiger charge is -2.27. The maximum atomic E-state index is 14.5. The van der Waals surface area contributed by atoms with Gasteiger partial charge in [-0.25, -0.2) is 19.3 Å². The minimum atomic E-state index is -0.668. The third kappa shape index (κ3) is 4.76. The van der Waals surface area contributed by atoms with Gasteiger partial charge in [-0.1, -0.05) is 11.6 Å². The maximum Gasteiger partial charge on any atom is 0.149 e. The van der Waals surface area contributed by atoms with E-state index in [9.17, 15) is 4.39 Å². The van der Waals surface area contributed by atoms with Crippen LogP contribution in [0.1, 0.15) is 30.4 Å². The molecule has 2 aromatic heterocycles. The third-order valence-electron chi connectivity index (χ3n) is 5.11. The van der Waals surface area contributed by atoms with Gasteiger partial charge in [-0.3, -0.25) is 0 Å². The molecule has 1 aliphatic heterocycles. The number of aromatic nitrogens is 3. The molecular formula is C22H20ClFN8. The van der Waals surface area contributed by atoms with Gasteiger partial charge in [-0.05, 0) is 31.4 Å². The van der Waals surface area contributed by atoms with Crippen molar-refractivity contribution in [2.75, 3.05) is 28.6 Å². The van der Waals surface area contributed by atoms with E-state index in [4.69, 9.17) is 22.3 Å². The van der Waals surface area contributed by atoms with Gasteiger partial charge in [0.2, 0.25) is 0 Å². The summed E-state index contributed by atoms with van der Waals surface area (Å²) in [5.41, 5.74) is 0.997. The highest BCUT2D eigenvalue weighted by atomic mass is 35.5. The van der Waals surface area contributed by atoms with Gasteiger partial charge in [-0.15, -0.1) is 0 Å². The molecule has 1 aromatic carbocycles. The molecule has 0 spiro atoms. The zero-order valence-electron chi connectivity index (χ0n) is 17.1. The van der Waals surface area contributed by atoms with Crippen LogP contribution in [0.25, 0.3) is 0 Å². The Bertz CT molecular complexity index is 1160. The molecule has 32 heavy (non-hydrogen) atoms. The molecule has 0 atom stereocenters. The van der Waals surface area contributed by atoms with Crippen LogP contribution in [-0.2, 0) is 0 Å². The highest BCUT2D eigenvalue weighted by Crippen LogP contribution is 2.32. The Morgan fingerprint density at radius 1 is 1.06 bits per heavy atom. The quantitative estimate of drug-likeness (QED) is 0.452. The average Bonchev–Trinajstić information content (AvgIpc) is 2.82. The maximum absolute atomic E-state index is 14.5. The number of benzene rings is 1. The number of hydrogen-bond acceptors (Lipinski definition) is 8. The number of hydrogen-bond donors (Lipinski definition) is 3. The van der Waals surface area contributed by atoms with Gasteiger partial charge in [-0.2, -0.15) is 5.26 Å². The molecule has 4 rings (SSSR count). The number of halogens is 2. The van der Waals surface area contributed by atoms with Crippen molar-refractivity contribution >= 4 is 46.6 Å². The van der Waals surface area contributed by atoms with Gasteiger partial charge in [0.25, 0.3) is 0 Å². The summed E-state index contributed by atoms with van der Waals surface area (Å²) in [5.74, 6) is 1.21. The van der Waals surface area contributed by atoms with E-state index in [1.165, 1.54) is 25.0 Å². The summed E-state index contributed by atoms with van der Waals surface area (Å²) in [6, 6.07) is 7.84. The zero-order valence-corrected chi connectivity index (χ0v) is 17.8. The minimum absolute atomic E-state index is 0.0142. The predicted octanol–water partition coefficient (Wildman–Crippen LogP) is 5.01. The lowest BCUT2D eigenvalue weighted by molar-refractivity contribution is 0.573. The molecule has 3 N–H and O–H groups in total. The van der Waals surface area contributed by atoms with E-state index in [0.29, 0.717) is 22.9 Å². The van der Waals surface area contributed by atoms with Gasteiger partial charge in [0.1, 0.15) is 29.6 Å². The van der Waals surface area contributed by atoms with E-state index in [2.05, 4.69) is 30.5 Å². The number of nitriles is 1. The molecule has 10 heteroatoms. The number of nitrogens with one attached hydrogen (secondary N) is 3. The highest BCUT2D eigenvalue weighted by Gasteiger charge is 2.15. The van der Waals surface area contributed by atoms with Crippen molar-refractivity contribution in [3.63, 3.8) is 0 Å². The van der Waals surface area contributed by atoms with E-state index in [0.717, 1.165) is 44.0 Å². The van der Waals surface area contributed by atoms with Crippen LogP contribution in [-0.4, -0.2) is 34.3 Å². The molecule has 3 aromatic rings. The van der Waals surface area contributed by atoms with Crippen molar-refractivity contribution in [2.24, 2.45) is 0 Å². The fourth-order valence-electron chi connectivity index (χ4n) is 3.49. The van der Waals surface area contributed by atoms with Crippen molar-refractivity contribution in [1.82, 2.24) is 15.0 Å². The Hall–Kier alpha value is -3.77. The van der Waals surface area contributed by atoms with Crippen molar-refractivity contribution in [1.29, 1.82) is 10.7 Å². The van der Waals surface area contributed by atoms with Gasteiger partial charge in [0.15, 0.2) is 0 Å². The van der Waals surface area contributed by atoms with E-state index >= 15 is 0 Å². The molecule has 0 saturated carbocycles. The standard InChI is InChI=1S/C22H20ClFN8/c23-16-6-14(10-25)7-17(24)22(16)30-18-8-19(27-12-15(18)11-26)31-20-9-21(29-13-28-20)32-4-2-1-3-5-32/h6-9,11-13,26H,1-5H2,(H2,27,28,29,30,31). The molecule has 1 saturated heterocycles. The average molecular weight is 451 g/mol. The van der Waals surface area contributed by atoms with Crippen LogP contribution in [0.15, 0.2) is 36.8 Å². The normalized spacial score (nSPS) is 13.3. The molecule has 0 aliphatic carbocycles. The van der Waals surface area contributed by atoms with Crippen LogP contribution >= 0.6 is 11.6 Å². The predicted molar refractivity (Wildman–Crippen MR) is 123 cm³/mol. The Balaban J connectivity index is 1.59. The zero-order chi connectivity index (χ0) is 22.5. The molecule has 1 fully saturated rings. The SMILES string of the molecule is N#Cc1cc(F)c(Nc2cc(Nc3cc(N4CCCCC4)ncn3)ncc2C=N)c(Cl)c1. The first kappa shape index (κ1) is 21.5. The van der Waals surface area contributed by atoms with Crippen LogP contribution < -0.4 is 15.5 Å². The Kier molecular flexibility index (Phi) is 6.42. The van der Waals surface area contributed by atoms with Gasteiger partial charge in [0, 0.05) is 43.2 Å². The molecule has 0 bridgehead atoms. The van der Waals surface area contributed by atoms with E-state index in [-0.39, 0.29) is 16.3 Å². The summed E-state index contributed by atoms with van der Waals surface area (Å²) in [6.45, 7) is 1.93. The van der Waals surface area contributed by atoms with Crippen molar-refractivity contribution < 1.29 is 4.39 Å². The Labute approximate surface area is 189 Å². The largest absolute Gasteiger partial charge is 0.356 e. The molecule has 0 radical (unpaired) electrons.